The Hall–Kier alpha value is -6.16. The highest BCUT2D eigenvalue weighted by molar-refractivity contribution is 7.26. The molecule has 0 amide bonds. The smallest absolute Gasteiger partial charge is 0.0619 e. The zero-order chi connectivity index (χ0) is 35.5. The fraction of sp³-hybridized carbons (Fsp3) is 0.0800. The fourth-order valence-corrected chi connectivity index (χ4v) is 9.70. The molecule has 7 aromatic carbocycles. The molecule has 0 fully saturated rings. The number of fused-ring (bicyclic) bond motifs is 7. The van der Waals surface area contributed by atoms with Crippen molar-refractivity contribution in [2.75, 3.05) is 0 Å². The van der Waals surface area contributed by atoms with Gasteiger partial charge in [0.05, 0.1) is 16.6 Å². The highest BCUT2D eigenvalue weighted by atomic mass is 32.1. The molecule has 254 valence electrons. The third-order valence-electron chi connectivity index (χ3n) is 11.0. The van der Waals surface area contributed by atoms with Gasteiger partial charge in [0.15, 0.2) is 0 Å². The predicted octanol–water partition coefficient (Wildman–Crippen LogP) is 14.1. The number of nitrogens with zero attached hydrogens (tertiary/aromatic N) is 2. The Balaban J connectivity index is 1.08. The highest BCUT2D eigenvalue weighted by Crippen LogP contribution is 2.44. The van der Waals surface area contributed by atoms with Gasteiger partial charge in [-0.15, -0.1) is 11.3 Å². The van der Waals surface area contributed by atoms with Gasteiger partial charge in [-0.1, -0.05) is 141 Å². The van der Waals surface area contributed by atoms with Crippen molar-refractivity contribution in [2.45, 2.75) is 26.2 Å². The number of hydrogen-bond donors (Lipinski definition) is 0. The van der Waals surface area contributed by atoms with Crippen molar-refractivity contribution in [3.63, 3.8) is 0 Å². The van der Waals surface area contributed by atoms with E-state index < -0.39 is 0 Å². The summed E-state index contributed by atoms with van der Waals surface area (Å²) < 4.78 is 7.56. The van der Waals surface area contributed by atoms with Crippen LogP contribution in [0.3, 0.4) is 0 Å². The molecule has 0 bridgehead atoms. The fourth-order valence-electron chi connectivity index (χ4n) is 8.47. The highest BCUT2D eigenvalue weighted by Gasteiger charge is 2.20. The first kappa shape index (κ1) is 31.6. The maximum absolute atomic E-state index is 2.47. The molecular formula is C50H38N2S. The van der Waals surface area contributed by atoms with Gasteiger partial charge in [0.25, 0.3) is 0 Å². The molecule has 0 aliphatic heterocycles. The molecule has 0 saturated heterocycles. The van der Waals surface area contributed by atoms with E-state index in [4.69, 9.17) is 0 Å². The normalized spacial score (nSPS) is 12.6. The van der Waals surface area contributed by atoms with E-state index in [1.807, 2.05) is 11.3 Å². The summed E-state index contributed by atoms with van der Waals surface area (Å²) in [5.41, 5.74) is 12.6. The molecule has 0 radical (unpaired) electrons. The number of thiophene rings is 1. The van der Waals surface area contributed by atoms with Gasteiger partial charge >= 0.3 is 0 Å². The second-order valence-corrected chi connectivity index (χ2v) is 15.0. The summed E-state index contributed by atoms with van der Waals surface area (Å²) >= 11 is 1.89. The Kier molecular flexibility index (Phi) is 7.63. The van der Waals surface area contributed by atoms with Crippen molar-refractivity contribution in [1.82, 2.24) is 9.13 Å². The van der Waals surface area contributed by atoms with E-state index in [1.165, 1.54) is 92.2 Å². The van der Waals surface area contributed by atoms with E-state index in [0.29, 0.717) is 0 Å². The third-order valence-corrected chi connectivity index (χ3v) is 12.2. The molecule has 2 nitrogen and oxygen atoms in total. The quantitative estimate of drug-likeness (QED) is 0.157. The predicted molar refractivity (Wildman–Crippen MR) is 229 cm³/mol. The van der Waals surface area contributed by atoms with Crippen molar-refractivity contribution in [3.05, 3.63) is 187 Å². The number of rotatable bonds is 7. The molecule has 3 heteroatoms. The lowest BCUT2D eigenvalue weighted by molar-refractivity contribution is 0.966. The van der Waals surface area contributed by atoms with Crippen LogP contribution in [-0.2, 0) is 6.42 Å². The van der Waals surface area contributed by atoms with Crippen molar-refractivity contribution in [1.29, 1.82) is 0 Å². The van der Waals surface area contributed by atoms with Gasteiger partial charge in [-0.25, -0.2) is 0 Å². The van der Waals surface area contributed by atoms with E-state index in [0.717, 1.165) is 6.42 Å². The minimum Gasteiger partial charge on any atom is -0.310 e. The molecule has 10 rings (SSSR count). The Labute approximate surface area is 313 Å². The van der Waals surface area contributed by atoms with Crippen molar-refractivity contribution >= 4 is 70.3 Å². The Bertz CT molecular complexity index is 2990. The minimum atomic E-state index is 0.232. The van der Waals surface area contributed by atoms with Gasteiger partial charge < -0.3 is 9.13 Å². The lowest BCUT2D eigenvalue weighted by atomic mass is 9.98. The van der Waals surface area contributed by atoms with Crippen LogP contribution in [0, 0.1) is 0 Å². The molecule has 0 spiro atoms. The molecule has 1 atom stereocenters. The van der Waals surface area contributed by atoms with Crippen molar-refractivity contribution in [2.24, 2.45) is 0 Å². The van der Waals surface area contributed by atoms with Crippen LogP contribution in [0.1, 0.15) is 36.6 Å². The molecule has 1 unspecified atom stereocenters. The van der Waals surface area contributed by atoms with Gasteiger partial charge in [0.1, 0.15) is 0 Å². The number of benzene rings is 7. The zero-order valence-corrected chi connectivity index (χ0v) is 30.6. The molecule has 10 aromatic rings. The largest absolute Gasteiger partial charge is 0.310 e. The van der Waals surface area contributed by atoms with E-state index in [1.54, 1.807) is 0 Å². The summed E-state index contributed by atoms with van der Waals surface area (Å²) in [7, 11) is 0. The Morgan fingerprint density at radius 3 is 1.91 bits per heavy atom. The Morgan fingerprint density at radius 2 is 1.13 bits per heavy atom. The first-order chi connectivity index (χ1) is 26.2. The van der Waals surface area contributed by atoms with Crippen LogP contribution in [0.4, 0.5) is 0 Å². The van der Waals surface area contributed by atoms with Crippen LogP contribution in [0.2, 0.25) is 0 Å². The molecule has 0 N–H and O–H groups in total. The third kappa shape index (κ3) is 5.07. The van der Waals surface area contributed by atoms with Crippen molar-refractivity contribution in [3.8, 4) is 22.5 Å². The molecule has 0 aliphatic rings. The van der Waals surface area contributed by atoms with E-state index in [-0.39, 0.29) is 5.92 Å². The van der Waals surface area contributed by atoms with Crippen LogP contribution < -0.4 is 0 Å². The maximum Gasteiger partial charge on any atom is 0.0619 e. The molecule has 3 aromatic heterocycles. The topological polar surface area (TPSA) is 9.86 Å². The number of aromatic nitrogens is 2. The van der Waals surface area contributed by atoms with Crippen molar-refractivity contribution < 1.29 is 0 Å². The summed E-state index contributed by atoms with van der Waals surface area (Å²) in [5, 5.41) is 6.52. The van der Waals surface area contributed by atoms with Gasteiger partial charge in [0, 0.05) is 64.5 Å². The summed E-state index contributed by atoms with van der Waals surface area (Å²) in [6.07, 6.45) is 5.69. The first-order valence-corrected chi connectivity index (χ1v) is 19.4. The average molecular weight is 699 g/mol. The molecule has 0 saturated carbocycles. The monoisotopic (exact) mass is 698 g/mol. The first-order valence-electron chi connectivity index (χ1n) is 18.6. The van der Waals surface area contributed by atoms with E-state index >= 15 is 0 Å². The summed E-state index contributed by atoms with van der Waals surface area (Å²) in [6.45, 7) is 4.57. The molecule has 3 heterocycles. The summed E-state index contributed by atoms with van der Waals surface area (Å²) in [5.74, 6) is 0.232. The van der Waals surface area contributed by atoms with E-state index in [9.17, 15) is 0 Å². The second kappa shape index (κ2) is 12.8. The average Bonchev–Trinajstić information content (AvgIpc) is 3.88. The number of allylic oxidation sites excluding steroid dienone is 1. The van der Waals surface area contributed by atoms with Crippen LogP contribution in [0.25, 0.3) is 81.5 Å². The van der Waals surface area contributed by atoms with Crippen LogP contribution in [0.15, 0.2) is 170 Å². The number of hydrogen-bond acceptors (Lipinski definition) is 1. The van der Waals surface area contributed by atoms with Gasteiger partial charge in [-0.3, -0.25) is 0 Å². The maximum atomic E-state index is 2.47. The minimum absolute atomic E-state index is 0.232. The lowest BCUT2D eigenvalue weighted by Crippen LogP contribution is -1.99. The lowest BCUT2D eigenvalue weighted by Gasteiger charge is -2.14. The van der Waals surface area contributed by atoms with Crippen LogP contribution in [0.5, 0.6) is 0 Å². The molecular weight excluding hydrogens is 661 g/mol. The number of aryl methyl sites for hydroxylation is 1. The summed E-state index contributed by atoms with van der Waals surface area (Å²) in [6, 6.07) is 60.0. The van der Waals surface area contributed by atoms with Crippen LogP contribution >= 0.6 is 11.3 Å². The summed E-state index contributed by atoms with van der Waals surface area (Å²) in [4.78, 5) is 0. The van der Waals surface area contributed by atoms with Gasteiger partial charge in [-0.05, 0) is 72.0 Å². The van der Waals surface area contributed by atoms with Gasteiger partial charge in [0.2, 0.25) is 0 Å². The van der Waals surface area contributed by atoms with Crippen LogP contribution in [-0.4, -0.2) is 9.13 Å². The second-order valence-electron chi connectivity index (χ2n) is 14.0. The van der Waals surface area contributed by atoms with Gasteiger partial charge in [-0.2, -0.15) is 0 Å². The van der Waals surface area contributed by atoms with E-state index in [2.05, 4.69) is 199 Å². The standard InChI is InChI=1S/C50H38N2S/c1-3-37-38-17-7-10-24-45(38)51(35-15-5-4-6-16-35)47(37)32-27-33(2)34-28-30-36(31-29-34)52-46-25-11-8-18-39(46)41-20-13-21-42(49(41)52)44-23-14-22-43-40-19-9-12-26-48(40)53-50(43)44/h4-33H,3H2,1-2H3/b32-27-. The molecule has 0 aliphatic carbocycles. The number of para-hydroxylation sites is 4. The zero-order valence-electron chi connectivity index (χ0n) is 29.8. The Morgan fingerprint density at radius 1 is 0.528 bits per heavy atom. The SMILES string of the molecule is CCc1c(/C=C\C(C)c2ccc(-n3c4ccccc4c4cccc(-c5cccc6c5sc5ccccc56)c43)cc2)n(-c2ccccc2)c2ccccc12. The molecule has 53 heavy (non-hydrogen) atoms.